The number of nitrogens with one attached hydrogen (secondary N) is 1. The van der Waals surface area contributed by atoms with Gasteiger partial charge in [-0.1, -0.05) is 0 Å². The summed E-state index contributed by atoms with van der Waals surface area (Å²) in [5.41, 5.74) is 2.22. The highest BCUT2D eigenvalue weighted by atomic mass is 127. The van der Waals surface area contributed by atoms with Gasteiger partial charge in [-0.15, -0.1) is 0 Å². The zero-order valence-electron chi connectivity index (χ0n) is 11.4. The third kappa shape index (κ3) is 2.90. The van der Waals surface area contributed by atoms with Gasteiger partial charge in [-0.2, -0.15) is 5.10 Å². The summed E-state index contributed by atoms with van der Waals surface area (Å²) in [6.07, 6.45) is 0. The van der Waals surface area contributed by atoms with Crippen molar-refractivity contribution in [3.05, 3.63) is 44.8 Å². The van der Waals surface area contributed by atoms with Crippen molar-refractivity contribution >= 4 is 40.0 Å². The fourth-order valence-electron chi connectivity index (χ4n) is 1.94. The van der Waals surface area contributed by atoms with Crippen LogP contribution in [0.2, 0.25) is 0 Å². The summed E-state index contributed by atoms with van der Waals surface area (Å²) >= 11 is 2.17. The van der Waals surface area contributed by atoms with Crippen molar-refractivity contribution in [3.8, 4) is 0 Å². The first-order valence-electron chi connectivity index (χ1n) is 6.01. The van der Waals surface area contributed by atoms with Gasteiger partial charge < -0.3 is 5.32 Å². The molecule has 1 aromatic carbocycles. The average Bonchev–Trinajstić information content (AvgIpc) is 2.65. The molecule has 1 aromatic heterocycles. The molecular weight excluding hydrogens is 369 g/mol. The molecule has 0 aliphatic carbocycles. The summed E-state index contributed by atoms with van der Waals surface area (Å²) in [5, 5.41) is 6.75. The van der Waals surface area contributed by atoms with Crippen LogP contribution in [0, 0.1) is 17.4 Å². The lowest BCUT2D eigenvalue weighted by Crippen LogP contribution is -2.24. The second-order valence-electron chi connectivity index (χ2n) is 4.46. The molecule has 20 heavy (non-hydrogen) atoms. The van der Waals surface area contributed by atoms with Crippen LogP contribution in [0.5, 0.6) is 0 Å². The predicted molar refractivity (Wildman–Crippen MR) is 84.8 cm³/mol. The molecule has 1 amide bonds. The predicted octanol–water partition coefficient (Wildman–Crippen LogP) is 2.46. The molecule has 1 heterocycles. The lowest BCUT2D eigenvalue weighted by molar-refractivity contribution is -0.112. The monoisotopic (exact) mass is 383 g/mol. The second-order valence-corrected chi connectivity index (χ2v) is 5.71. The van der Waals surface area contributed by atoms with Crippen LogP contribution in [0.4, 0.5) is 5.69 Å². The first-order valence-corrected chi connectivity index (χ1v) is 7.09. The number of ketones is 1. The number of amides is 1. The Labute approximate surface area is 130 Å². The zero-order chi connectivity index (χ0) is 14.9. The Balaban J connectivity index is 2.21. The van der Waals surface area contributed by atoms with Crippen LogP contribution in [0.3, 0.4) is 0 Å². The highest BCUT2D eigenvalue weighted by Crippen LogP contribution is 2.15. The molecule has 104 valence electrons. The van der Waals surface area contributed by atoms with Crippen LogP contribution in [0.1, 0.15) is 21.7 Å². The third-order valence-corrected chi connectivity index (χ3v) is 3.76. The van der Waals surface area contributed by atoms with Gasteiger partial charge in [0.25, 0.3) is 11.7 Å². The minimum absolute atomic E-state index is 0.371. The summed E-state index contributed by atoms with van der Waals surface area (Å²) < 4.78 is 2.66. The third-order valence-electron chi connectivity index (χ3n) is 3.04. The minimum Gasteiger partial charge on any atom is -0.319 e. The van der Waals surface area contributed by atoms with Crippen molar-refractivity contribution in [1.82, 2.24) is 9.78 Å². The Morgan fingerprint density at radius 1 is 1.20 bits per heavy atom. The van der Waals surface area contributed by atoms with Gasteiger partial charge in [-0.3, -0.25) is 14.3 Å². The number of aryl methyl sites for hydroxylation is 2. The van der Waals surface area contributed by atoms with Crippen LogP contribution in [-0.4, -0.2) is 21.5 Å². The van der Waals surface area contributed by atoms with E-state index in [4.69, 9.17) is 0 Å². The van der Waals surface area contributed by atoms with Gasteiger partial charge in [-0.25, -0.2) is 0 Å². The Hall–Kier alpha value is -1.70. The van der Waals surface area contributed by atoms with E-state index in [-0.39, 0.29) is 0 Å². The number of anilines is 1. The van der Waals surface area contributed by atoms with E-state index in [2.05, 4.69) is 33.0 Å². The van der Waals surface area contributed by atoms with Crippen molar-refractivity contribution in [1.29, 1.82) is 0 Å². The Bertz CT molecular complexity index is 674. The molecule has 0 saturated heterocycles. The summed E-state index contributed by atoms with van der Waals surface area (Å²) in [7, 11) is 1.75. The molecule has 2 rings (SSSR count). The van der Waals surface area contributed by atoms with E-state index in [1.165, 1.54) is 0 Å². The molecule has 0 aliphatic heterocycles. The number of benzene rings is 1. The van der Waals surface area contributed by atoms with E-state index < -0.39 is 11.7 Å². The standard InChI is InChI=1S/C14H14IN3O2/c1-8-12(9(2)18(3)17-8)13(19)14(20)16-11-6-4-10(15)5-7-11/h4-7H,1-3H3,(H,16,20). The summed E-state index contributed by atoms with van der Waals surface area (Å²) in [6, 6.07) is 7.24. The van der Waals surface area contributed by atoms with Gasteiger partial charge >= 0.3 is 0 Å². The SMILES string of the molecule is Cc1nn(C)c(C)c1C(=O)C(=O)Nc1ccc(I)cc1. The van der Waals surface area contributed by atoms with Crippen LogP contribution < -0.4 is 5.32 Å². The van der Waals surface area contributed by atoms with Crippen molar-refractivity contribution in [2.24, 2.45) is 7.05 Å². The normalized spacial score (nSPS) is 10.4. The van der Waals surface area contributed by atoms with Crippen LogP contribution in [-0.2, 0) is 11.8 Å². The van der Waals surface area contributed by atoms with Gasteiger partial charge in [0, 0.05) is 22.0 Å². The molecular formula is C14H14IN3O2. The van der Waals surface area contributed by atoms with E-state index in [1.807, 2.05) is 12.1 Å². The molecule has 0 spiro atoms. The highest BCUT2D eigenvalue weighted by Gasteiger charge is 2.23. The second kappa shape index (κ2) is 5.74. The lowest BCUT2D eigenvalue weighted by atomic mass is 10.1. The lowest BCUT2D eigenvalue weighted by Gasteiger charge is -2.05. The highest BCUT2D eigenvalue weighted by molar-refractivity contribution is 14.1. The number of aromatic nitrogens is 2. The number of halogens is 1. The molecule has 0 radical (unpaired) electrons. The summed E-state index contributed by atoms with van der Waals surface area (Å²) in [5.74, 6) is -1.21. The van der Waals surface area contributed by atoms with Crippen molar-refractivity contribution < 1.29 is 9.59 Å². The van der Waals surface area contributed by atoms with Crippen molar-refractivity contribution in [3.63, 3.8) is 0 Å². The molecule has 1 N–H and O–H groups in total. The topological polar surface area (TPSA) is 64.0 Å². The number of hydrogen-bond donors (Lipinski definition) is 1. The average molecular weight is 383 g/mol. The van der Waals surface area contributed by atoms with Crippen molar-refractivity contribution in [2.75, 3.05) is 5.32 Å². The fraction of sp³-hybridized carbons (Fsp3) is 0.214. The van der Waals surface area contributed by atoms with Gasteiger partial charge in [-0.05, 0) is 60.7 Å². The summed E-state index contributed by atoms with van der Waals surface area (Å²) in [4.78, 5) is 24.2. The Morgan fingerprint density at radius 3 is 2.30 bits per heavy atom. The molecule has 5 nitrogen and oxygen atoms in total. The molecule has 0 bridgehead atoms. The minimum atomic E-state index is -0.648. The van der Waals surface area contributed by atoms with Crippen LogP contribution in [0.15, 0.2) is 24.3 Å². The largest absolute Gasteiger partial charge is 0.319 e. The van der Waals surface area contributed by atoms with Gasteiger partial charge in [0.05, 0.1) is 11.3 Å². The maximum atomic E-state index is 12.2. The molecule has 0 fully saturated rings. The van der Waals surface area contributed by atoms with E-state index in [0.717, 1.165) is 3.57 Å². The van der Waals surface area contributed by atoms with Crippen LogP contribution >= 0.6 is 22.6 Å². The number of rotatable bonds is 3. The number of hydrogen-bond acceptors (Lipinski definition) is 3. The van der Waals surface area contributed by atoms with Gasteiger partial charge in [0.15, 0.2) is 0 Å². The van der Waals surface area contributed by atoms with E-state index >= 15 is 0 Å². The number of carbonyl (C=O) groups is 2. The van der Waals surface area contributed by atoms with E-state index in [9.17, 15) is 9.59 Å². The molecule has 0 aliphatic rings. The first-order chi connectivity index (χ1) is 9.40. The fourth-order valence-corrected chi connectivity index (χ4v) is 2.30. The van der Waals surface area contributed by atoms with Gasteiger partial charge in [0.2, 0.25) is 0 Å². The quantitative estimate of drug-likeness (QED) is 0.503. The number of Topliss-reactive ketones (excluding diaryl/α,β-unsaturated/α-hetero) is 1. The first kappa shape index (κ1) is 14.7. The number of nitrogens with zero attached hydrogens (tertiary/aromatic N) is 2. The smallest absolute Gasteiger partial charge is 0.296 e. The van der Waals surface area contributed by atoms with Gasteiger partial charge in [0.1, 0.15) is 0 Å². The van der Waals surface area contributed by atoms with Crippen LogP contribution in [0.25, 0.3) is 0 Å². The zero-order valence-corrected chi connectivity index (χ0v) is 13.6. The van der Waals surface area contributed by atoms with E-state index in [0.29, 0.717) is 22.6 Å². The maximum absolute atomic E-state index is 12.2. The molecule has 2 aromatic rings. The molecule has 0 unspecified atom stereocenters. The maximum Gasteiger partial charge on any atom is 0.296 e. The number of carbonyl (C=O) groups excluding carboxylic acids is 2. The summed E-state index contributed by atoms with van der Waals surface area (Å²) in [6.45, 7) is 3.49. The molecule has 6 heteroatoms. The molecule has 0 saturated carbocycles. The van der Waals surface area contributed by atoms with Crippen molar-refractivity contribution in [2.45, 2.75) is 13.8 Å². The van der Waals surface area contributed by atoms with E-state index in [1.54, 1.807) is 37.7 Å². The Kier molecular flexibility index (Phi) is 4.22. The Morgan fingerprint density at radius 2 is 1.80 bits per heavy atom. The molecule has 0 atom stereocenters.